The van der Waals surface area contributed by atoms with Crippen LogP contribution in [-0.2, 0) is 53.1 Å². The van der Waals surface area contributed by atoms with E-state index in [0.717, 1.165) is 37.4 Å². The lowest BCUT2D eigenvalue weighted by atomic mass is 10.0. The molecule has 2 unspecified atom stereocenters. The molecule has 2 atom stereocenters. The van der Waals surface area contributed by atoms with Gasteiger partial charge in [-0.25, -0.2) is 63.2 Å². The number of nitrogen functional groups attached to an aromatic ring is 1. The van der Waals surface area contributed by atoms with Crippen LogP contribution in [-0.4, -0.2) is 181 Å². The van der Waals surface area contributed by atoms with E-state index in [2.05, 4.69) is 20.1 Å². The number of benzene rings is 6. The fraction of sp³-hybridized carbons (Fsp3) is 0.258. The van der Waals surface area contributed by atoms with Crippen LogP contribution in [0.5, 0.6) is 23.0 Å². The average Bonchev–Trinajstić information content (AvgIpc) is 1.59. The first-order valence-electron chi connectivity index (χ1n) is 30.0. The predicted octanol–water partition coefficient (Wildman–Crippen LogP) is 7.17. The van der Waals surface area contributed by atoms with Crippen LogP contribution in [0.2, 0.25) is 0 Å². The highest BCUT2D eigenvalue weighted by atomic mass is 32.2. The first kappa shape index (κ1) is 91.1. The number of methoxy groups -OCH3 is 2. The number of halogens is 4. The van der Waals surface area contributed by atoms with Crippen molar-refractivity contribution in [2.45, 2.75) is 60.5 Å². The van der Waals surface area contributed by atoms with Gasteiger partial charge in [0.15, 0.2) is 28.6 Å². The number of aliphatic carboxylic acids is 1. The van der Waals surface area contributed by atoms with Crippen LogP contribution in [0.3, 0.4) is 0 Å². The van der Waals surface area contributed by atoms with E-state index in [-0.39, 0.29) is 53.3 Å². The zero-order chi connectivity index (χ0) is 82.9. The number of ether oxygens (including phenoxy) is 6. The molecule has 0 aromatic heterocycles. The van der Waals surface area contributed by atoms with Crippen molar-refractivity contribution in [1.29, 1.82) is 0 Å². The average molecular weight is 1570 g/mol. The molecule has 0 spiro atoms. The van der Waals surface area contributed by atoms with Crippen LogP contribution < -0.4 is 41.0 Å². The molecule has 11 N–H and O–H groups in total. The van der Waals surface area contributed by atoms with Gasteiger partial charge in [0.2, 0.25) is 11.8 Å². The van der Waals surface area contributed by atoms with E-state index in [4.69, 9.17) is 60.7 Å². The van der Waals surface area contributed by atoms with E-state index >= 15 is 0 Å². The topological polar surface area (TPSA) is 569 Å². The van der Waals surface area contributed by atoms with Gasteiger partial charge in [0, 0.05) is 66.4 Å². The summed E-state index contributed by atoms with van der Waals surface area (Å²) in [6.45, 7) is 10.3. The highest BCUT2D eigenvalue weighted by molar-refractivity contribution is 7.90. The molecular weight excluding hydrogens is 1500 g/mol. The molecule has 0 saturated carbocycles. The van der Waals surface area contributed by atoms with Gasteiger partial charge >= 0.3 is 47.8 Å². The summed E-state index contributed by atoms with van der Waals surface area (Å²) in [5, 5.41) is 57.0. The molecule has 8 rings (SSSR count). The van der Waals surface area contributed by atoms with Crippen LogP contribution in [0, 0.1) is 33.4 Å². The van der Waals surface area contributed by atoms with Crippen molar-refractivity contribution in [3.63, 3.8) is 0 Å². The van der Waals surface area contributed by atoms with E-state index in [1.165, 1.54) is 71.4 Å². The van der Waals surface area contributed by atoms with Gasteiger partial charge in [-0.05, 0) is 91.7 Å². The van der Waals surface area contributed by atoms with Crippen molar-refractivity contribution < 1.29 is 157 Å². The quantitative estimate of drug-likeness (QED) is 0.00695. The van der Waals surface area contributed by atoms with E-state index in [9.17, 15) is 102 Å². The van der Waals surface area contributed by atoms with Crippen LogP contribution in [0.15, 0.2) is 84.9 Å². The third-order valence-electron chi connectivity index (χ3n) is 13.1. The number of cyclic esters (lactones) is 2. The number of nitro groups is 1. The normalized spacial score (nSPS) is 11.9. The molecule has 108 heavy (non-hydrogen) atoms. The number of hydrogen-bond acceptors (Lipinski definition) is 27. The number of carboxylic acid groups (broad SMARTS) is 5. The predicted molar refractivity (Wildman–Crippen MR) is 369 cm³/mol. The Labute approximate surface area is 610 Å². The zero-order valence-corrected chi connectivity index (χ0v) is 60.0. The number of nitro benzene ring substituents is 1. The number of aromatic carboxylic acids is 4. The minimum absolute atomic E-state index is 0. The fourth-order valence-electron chi connectivity index (χ4n) is 9.16. The van der Waals surface area contributed by atoms with E-state index in [1.807, 2.05) is 6.92 Å². The van der Waals surface area contributed by atoms with Gasteiger partial charge in [-0.3, -0.25) is 48.6 Å². The molecule has 0 radical (unpaired) electrons. The Bertz CT molecular complexity index is 4740. The lowest BCUT2D eigenvalue weighted by Gasteiger charge is -2.27. The third kappa shape index (κ3) is 26.3. The van der Waals surface area contributed by atoms with Gasteiger partial charge in [0.05, 0.1) is 78.0 Å². The lowest BCUT2D eigenvalue weighted by Crippen LogP contribution is -2.38. The highest BCUT2D eigenvalue weighted by Gasteiger charge is 2.46. The molecule has 42 heteroatoms. The number of carbonyl (C=O) groups is 13. The number of nitrogens with zero attached hydrogens (tertiary/aromatic N) is 2. The first-order valence-corrected chi connectivity index (χ1v) is 34.1. The fourth-order valence-corrected chi connectivity index (χ4v) is 10.9. The lowest BCUT2D eigenvalue weighted by molar-refractivity contribution is -0.385. The molecule has 4 amide bonds. The number of carboxylic acids is 5. The van der Waals surface area contributed by atoms with Crippen molar-refractivity contribution in [2.75, 3.05) is 67.8 Å². The van der Waals surface area contributed by atoms with Gasteiger partial charge in [0.1, 0.15) is 65.2 Å². The van der Waals surface area contributed by atoms with Gasteiger partial charge in [-0.2, -0.15) is 0 Å². The molecule has 0 bridgehead atoms. The molecule has 0 fully saturated rings. The minimum atomic E-state index is -3.70. The molecular formula is C66H70F4N6O30S2. The first-order chi connectivity index (χ1) is 50.0. The molecule has 584 valence electrons. The van der Waals surface area contributed by atoms with Crippen molar-refractivity contribution in [3.05, 3.63) is 174 Å². The van der Waals surface area contributed by atoms with Crippen molar-refractivity contribution in [2.24, 2.45) is 5.73 Å². The minimum Gasteiger partial charge on any atom is -0.493 e. The maximum absolute atomic E-state index is 14.6. The zero-order valence-electron chi connectivity index (χ0n) is 58.4. The third-order valence-corrected chi connectivity index (χ3v) is 15.0. The summed E-state index contributed by atoms with van der Waals surface area (Å²) < 4.78 is 130. The van der Waals surface area contributed by atoms with Crippen LogP contribution in [0.1, 0.15) is 156 Å². The second kappa shape index (κ2) is 40.3. The van der Waals surface area contributed by atoms with Gasteiger partial charge in [-0.1, -0.05) is 12.1 Å². The van der Waals surface area contributed by atoms with Gasteiger partial charge in [-0.15, -0.1) is 0 Å². The number of hydrogen-bond donors (Lipinski definition) is 9. The number of carbonyl (C=O) groups excluding carboxylic acids is 8. The number of nitrogens with one attached hydrogen (secondary N) is 2. The van der Waals surface area contributed by atoms with Gasteiger partial charge < -0.3 is 76.1 Å². The number of sulfone groups is 2. The Kier molecular flexibility index (Phi) is 34.0. The molecule has 0 aliphatic carbocycles. The molecule has 6 aromatic rings. The second-order valence-electron chi connectivity index (χ2n) is 21.5. The standard InChI is InChI=1S/C22H23FN2O7S.C12H19NO4S.C10H6FNO4.C8H4FNO6.C8H6FNO4.C4H6O3.C2H4O2.H2/c1-5-32-18-10-13(6-9-17(18)31-3)16(11-33(4,29)30)25-21(27)19-14(23)7-8-15(24-12(2)26)20(19)22(25)28;1-4-17-12-7-9(5-6-11(12)16-2)10(13)8-18(3,14)15;1-4(13)12-6-3-2-5(11)7-8(6)10(15)16-9(7)14;9-3-1-2-4(10(15)16)6(8(13)14)5(3)7(11)12;9-3-1-2-4(10)6(8(13)14)5(3)7(11)12;1-3(5)7-4(2)6;1-2(3)4;/h6-10,16H,5,11H2,1-4H3,(H,24,26);5-7,10H,4,8,13H2,1-3H3;2-3H,1H3,(H,12,13);1-2H,(H,11,12)(H,13,14);1-2H,10H2,(H,11,12)(H,13,14);1-2H3;1H3,(H,3,4);1H. The molecule has 2 heterocycles. The number of amides is 4. The summed E-state index contributed by atoms with van der Waals surface area (Å²) in [5.41, 5.74) is 5.30. The Morgan fingerprint density at radius 1 is 0.546 bits per heavy atom. The number of imide groups is 1. The summed E-state index contributed by atoms with van der Waals surface area (Å²) >= 11 is 0. The molecule has 2 aliphatic rings. The molecule has 2 aliphatic heterocycles. The second-order valence-corrected chi connectivity index (χ2v) is 25.9. The van der Waals surface area contributed by atoms with E-state index in [1.54, 1.807) is 32.2 Å². The van der Waals surface area contributed by atoms with E-state index < -0.39 is 182 Å². The summed E-state index contributed by atoms with van der Waals surface area (Å²) in [4.78, 5) is 152. The number of esters is 4. The molecule has 6 aromatic carbocycles. The summed E-state index contributed by atoms with van der Waals surface area (Å²) in [7, 11) is -3.83. The van der Waals surface area contributed by atoms with Crippen LogP contribution in [0.4, 0.5) is 40.3 Å². The maximum atomic E-state index is 14.6. The molecule has 36 nitrogen and oxygen atoms in total. The number of nitrogens with two attached hydrogens (primary N) is 2. The largest absolute Gasteiger partial charge is 0.493 e. The van der Waals surface area contributed by atoms with Crippen LogP contribution >= 0.6 is 0 Å². The van der Waals surface area contributed by atoms with Crippen molar-refractivity contribution in [3.8, 4) is 23.0 Å². The Hall–Kier alpha value is -13.0. The summed E-state index contributed by atoms with van der Waals surface area (Å²) in [5.74, 6) is -16.9. The number of rotatable bonds is 20. The Morgan fingerprint density at radius 3 is 1.31 bits per heavy atom. The summed E-state index contributed by atoms with van der Waals surface area (Å²) in [6.07, 6.45) is 2.13. The number of fused-ring (bicyclic) bond motifs is 2. The monoisotopic (exact) mass is 1570 g/mol. The van der Waals surface area contributed by atoms with Gasteiger partial charge in [0.25, 0.3) is 23.5 Å². The highest BCUT2D eigenvalue weighted by Crippen LogP contribution is 2.40. The maximum Gasteiger partial charge on any atom is 0.349 e. The smallest absolute Gasteiger partial charge is 0.349 e. The van der Waals surface area contributed by atoms with Crippen LogP contribution in [0.25, 0.3) is 0 Å². The molecule has 0 saturated heterocycles. The Morgan fingerprint density at radius 2 is 0.926 bits per heavy atom. The van der Waals surface area contributed by atoms with Crippen molar-refractivity contribution in [1.82, 2.24) is 4.90 Å². The summed E-state index contributed by atoms with van der Waals surface area (Å²) in [6, 6.07) is 15.1. The SMILES string of the molecule is CC(=O)Nc1ccc(F)c2c1C(=O)OC2=O.CC(=O)O.CC(=O)OC(C)=O.CCOc1cc(C(CS(C)(=O)=O)N2C(=O)c3c(F)ccc(NC(C)=O)c3C2=O)ccc1OC.CCOc1cc(C(N)CS(C)(=O)=O)ccc1OC.Nc1ccc(F)c(C(=O)O)c1C(=O)O.O=C(O)c1c(F)ccc([N+](=O)[O-])c1C(=O)O.[HH]. The number of anilines is 3. The Balaban J connectivity index is 0.000000680. The van der Waals surface area contributed by atoms with E-state index in [0.29, 0.717) is 46.5 Å². The van der Waals surface area contributed by atoms with Crippen molar-refractivity contribution >= 4 is 120 Å².